The van der Waals surface area contributed by atoms with Crippen LogP contribution in [-0.4, -0.2) is 80.0 Å². The summed E-state index contributed by atoms with van der Waals surface area (Å²) >= 11 is 1.73. The Labute approximate surface area is 206 Å². The number of aliphatic hydroxyl groups excluding tert-OH is 1. The van der Waals surface area contributed by atoms with Crippen molar-refractivity contribution in [3.63, 3.8) is 0 Å². The molecule has 2 heterocycles. The van der Waals surface area contributed by atoms with Crippen LogP contribution >= 0.6 is 11.3 Å². The van der Waals surface area contributed by atoms with E-state index in [2.05, 4.69) is 24.9 Å². The first kappa shape index (κ1) is 26.2. The molecule has 34 heavy (non-hydrogen) atoms. The van der Waals surface area contributed by atoms with Gasteiger partial charge in [0.2, 0.25) is 5.91 Å². The summed E-state index contributed by atoms with van der Waals surface area (Å²) in [6.07, 6.45) is 2.75. The molecule has 2 aromatic rings. The molecule has 0 saturated heterocycles. The first-order valence-corrected chi connectivity index (χ1v) is 12.6. The molecule has 1 aliphatic rings. The lowest BCUT2D eigenvalue weighted by atomic mass is 10.0. The molecular weight excluding hydrogens is 452 g/mol. The van der Waals surface area contributed by atoms with Crippen molar-refractivity contribution in [2.75, 3.05) is 53.1 Å². The number of aliphatic hydroxyl groups is 1. The van der Waals surface area contributed by atoms with E-state index in [1.807, 2.05) is 34.1 Å². The quantitative estimate of drug-likeness (QED) is 0.324. The number of nitrogens with zero attached hydrogens (tertiary/aromatic N) is 2. The number of carbonyl (C=O) groups is 1. The number of hydrogen-bond donors (Lipinski definition) is 1. The van der Waals surface area contributed by atoms with Crippen LogP contribution in [0.15, 0.2) is 48.4 Å². The van der Waals surface area contributed by atoms with E-state index in [0.29, 0.717) is 26.3 Å². The normalized spacial score (nSPS) is 16.2. The number of methoxy groups -OCH3 is 1. The van der Waals surface area contributed by atoms with Gasteiger partial charge in [-0.05, 0) is 60.7 Å². The van der Waals surface area contributed by atoms with Crippen molar-refractivity contribution in [1.29, 1.82) is 0 Å². The molecule has 0 aliphatic carbocycles. The first-order chi connectivity index (χ1) is 16.5. The predicted octanol–water partition coefficient (Wildman–Crippen LogP) is 3.54. The number of rotatable bonds is 14. The zero-order valence-electron chi connectivity index (χ0n) is 20.2. The fourth-order valence-electron chi connectivity index (χ4n) is 4.19. The predicted molar refractivity (Wildman–Crippen MR) is 135 cm³/mol. The highest BCUT2D eigenvalue weighted by molar-refractivity contribution is 7.10. The molecule has 0 unspecified atom stereocenters. The Bertz CT molecular complexity index is 901. The lowest BCUT2D eigenvalue weighted by Gasteiger charge is -2.37. The number of thiophene rings is 1. The van der Waals surface area contributed by atoms with Crippen molar-refractivity contribution >= 4 is 17.2 Å². The molecule has 1 amide bonds. The average molecular weight is 489 g/mol. The lowest BCUT2D eigenvalue weighted by Crippen LogP contribution is -2.48. The topological polar surface area (TPSA) is 71.5 Å². The molecule has 2 atom stereocenters. The van der Waals surface area contributed by atoms with Gasteiger partial charge in [0, 0.05) is 18.0 Å². The molecule has 0 spiro atoms. The molecule has 0 fully saturated rings. The smallest absolute Gasteiger partial charge is 0.237 e. The van der Waals surface area contributed by atoms with E-state index in [4.69, 9.17) is 14.2 Å². The van der Waals surface area contributed by atoms with Crippen molar-refractivity contribution in [2.45, 2.75) is 31.9 Å². The summed E-state index contributed by atoms with van der Waals surface area (Å²) in [5.74, 6) is 1.56. The summed E-state index contributed by atoms with van der Waals surface area (Å²) in [7, 11) is 1.63. The molecule has 1 aliphatic heterocycles. The zero-order valence-corrected chi connectivity index (χ0v) is 21.0. The lowest BCUT2D eigenvalue weighted by molar-refractivity contribution is -0.136. The Morgan fingerprint density at radius 1 is 1.32 bits per heavy atom. The Balaban J connectivity index is 1.66. The van der Waals surface area contributed by atoms with Gasteiger partial charge < -0.3 is 24.2 Å². The Kier molecular flexibility index (Phi) is 10.4. The van der Waals surface area contributed by atoms with Crippen LogP contribution in [-0.2, 0) is 16.0 Å². The highest BCUT2D eigenvalue weighted by atomic mass is 32.1. The van der Waals surface area contributed by atoms with Gasteiger partial charge in [-0.2, -0.15) is 0 Å². The van der Waals surface area contributed by atoms with Crippen molar-refractivity contribution in [1.82, 2.24) is 9.80 Å². The average Bonchev–Trinajstić information content (AvgIpc) is 3.32. The van der Waals surface area contributed by atoms with Gasteiger partial charge in [0.15, 0.2) is 0 Å². The summed E-state index contributed by atoms with van der Waals surface area (Å²) in [6, 6.07) is 9.44. The third-order valence-corrected chi connectivity index (χ3v) is 6.79. The second-order valence-corrected chi connectivity index (χ2v) is 9.35. The van der Waals surface area contributed by atoms with Crippen LogP contribution in [0.2, 0.25) is 0 Å². The van der Waals surface area contributed by atoms with Crippen molar-refractivity contribution in [3.05, 3.63) is 58.8 Å². The van der Waals surface area contributed by atoms with Crippen LogP contribution in [0.25, 0.3) is 0 Å². The molecular formula is C26H36N2O5S. The van der Waals surface area contributed by atoms with Crippen molar-refractivity contribution in [2.24, 2.45) is 0 Å². The van der Waals surface area contributed by atoms with Crippen LogP contribution in [0.1, 0.15) is 29.8 Å². The number of hydrogen-bond acceptors (Lipinski definition) is 7. The molecule has 1 aromatic carbocycles. The minimum Gasteiger partial charge on any atom is -0.497 e. The molecule has 0 bridgehead atoms. The van der Waals surface area contributed by atoms with E-state index < -0.39 is 6.10 Å². The number of amides is 1. The number of carbonyl (C=O) groups excluding carboxylic acids is 1. The summed E-state index contributed by atoms with van der Waals surface area (Å²) in [5.41, 5.74) is 1.16. The highest BCUT2D eigenvalue weighted by Crippen LogP contribution is 2.34. The van der Waals surface area contributed by atoms with Gasteiger partial charge in [-0.15, -0.1) is 17.9 Å². The fourth-order valence-corrected chi connectivity index (χ4v) is 5.12. The van der Waals surface area contributed by atoms with Crippen LogP contribution in [0.4, 0.5) is 0 Å². The minimum absolute atomic E-state index is 0.0489. The monoisotopic (exact) mass is 488 g/mol. The molecule has 1 N–H and O–H groups in total. The van der Waals surface area contributed by atoms with E-state index in [-0.39, 0.29) is 25.1 Å². The summed E-state index contributed by atoms with van der Waals surface area (Å²) in [6.45, 7) is 8.73. The van der Waals surface area contributed by atoms with E-state index in [9.17, 15) is 9.90 Å². The molecule has 186 valence electrons. The third kappa shape index (κ3) is 7.30. The van der Waals surface area contributed by atoms with Crippen molar-refractivity contribution < 1.29 is 24.1 Å². The Hall–Kier alpha value is -2.39. The summed E-state index contributed by atoms with van der Waals surface area (Å²) in [5, 5.41) is 12.4. The van der Waals surface area contributed by atoms with Gasteiger partial charge in [0.05, 0.1) is 39.0 Å². The molecule has 3 rings (SSSR count). The van der Waals surface area contributed by atoms with Gasteiger partial charge in [-0.25, -0.2) is 0 Å². The van der Waals surface area contributed by atoms with Crippen LogP contribution < -0.4 is 9.47 Å². The van der Waals surface area contributed by atoms with Gasteiger partial charge in [0.25, 0.3) is 0 Å². The van der Waals surface area contributed by atoms with E-state index in [1.54, 1.807) is 24.5 Å². The SMILES string of the molecule is C=CCOC[C@@H](O)CN(CCC)CC(=O)N1CCc2sccc2[C@@H]1COc1ccc(OC)cc1. The van der Waals surface area contributed by atoms with Gasteiger partial charge in [-0.3, -0.25) is 9.69 Å². The van der Waals surface area contributed by atoms with Crippen LogP contribution in [0.3, 0.4) is 0 Å². The molecule has 0 radical (unpaired) electrons. The van der Waals surface area contributed by atoms with Gasteiger partial charge in [-0.1, -0.05) is 13.0 Å². The molecule has 8 heteroatoms. The second-order valence-electron chi connectivity index (χ2n) is 8.35. The number of benzene rings is 1. The van der Waals surface area contributed by atoms with E-state index in [0.717, 1.165) is 36.4 Å². The molecule has 0 saturated carbocycles. The van der Waals surface area contributed by atoms with E-state index >= 15 is 0 Å². The maximum atomic E-state index is 13.5. The fraction of sp³-hybridized carbons (Fsp3) is 0.500. The Morgan fingerprint density at radius 3 is 2.79 bits per heavy atom. The zero-order chi connectivity index (χ0) is 24.3. The second kappa shape index (κ2) is 13.5. The van der Waals surface area contributed by atoms with Gasteiger partial charge >= 0.3 is 0 Å². The minimum atomic E-state index is -0.654. The first-order valence-electron chi connectivity index (χ1n) is 11.8. The standard InChI is InChI=1S/C26H36N2O5S/c1-4-12-27(16-20(29)18-32-14-5-2)17-26(30)28-13-10-25-23(11-15-34-25)24(28)19-33-22-8-6-21(31-3)7-9-22/h5-9,11,15,20,24,29H,2,4,10,12-14,16-19H2,1,3H3/t20-,24-/m0/s1. The maximum Gasteiger partial charge on any atom is 0.237 e. The summed E-state index contributed by atoms with van der Waals surface area (Å²) < 4.78 is 16.7. The van der Waals surface area contributed by atoms with Crippen LogP contribution in [0, 0.1) is 0 Å². The summed E-state index contributed by atoms with van der Waals surface area (Å²) in [4.78, 5) is 18.7. The highest BCUT2D eigenvalue weighted by Gasteiger charge is 2.33. The van der Waals surface area contributed by atoms with Crippen LogP contribution in [0.5, 0.6) is 11.5 Å². The van der Waals surface area contributed by atoms with Crippen molar-refractivity contribution in [3.8, 4) is 11.5 Å². The number of fused-ring (bicyclic) bond motifs is 1. The third-order valence-electron chi connectivity index (χ3n) is 5.80. The Morgan fingerprint density at radius 2 is 2.09 bits per heavy atom. The maximum absolute atomic E-state index is 13.5. The largest absolute Gasteiger partial charge is 0.497 e. The molecule has 7 nitrogen and oxygen atoms in total. The number of ether oxygens (including phenoxy) is 3. The van der Waals surface area contributed by atoms with Gasteiger partial charge in [0.1, 0.15) is 18.1 Å². The van der Waals surface area contributed by atoms with E-state index in [1.165, 1.54) is 4.88 Å². The molecule has 1 aromatic heterocycles.